The molecule has 0 heterocycles. The van der Waals surface area contributed by atoms with Gasteiger partial charge in [0.15, 0.2) is 0 Å². The first kappa shape index (κ1) is 16.0. The molecule has 21 heavy (non-hydrogen) atoms. The number of nitrogens with one attached hydrogen (secondary N) is 1. The summed E-state index contributed by atoms with van der Waals surface area (Å²) in [5, 5.41) is 3.45. The van der Waals surface area contributed by atoms with Crippen molar-refractivity contribution >= 4 is 23.2 Å². The Morgan fingerprint density at radius 3 is 2.62 bits per heavy atom. The van der Waals surface area contributed by atoms with Crippen LogP contribution in [0.25, 0.3) is 0 Å². The van der Waals surface area contributed by atoms with Gasteiger partial charge in [-0.3, -0.25) is 4.79 Å². The Hall–Kier alpha value is -1.42. The molecule has 0 saturated heterocycles. The number of ether oxygens (including phenoxy) is 1. The molecule has 0 aliphatic heterocycles. The molecule has 0 radical (unpaired) electrons. The monoisotopic (exact) mass is 310 g/mol. The molecule has 3 N–H and O–H groups in total. The molecular weight excluding hydrogens is 288 g/mol. The van der Waals surface area contributed by atoms with E-state index in [9.17, 15) is 4.79 Å². The first-order chi connectivity index (χ1) is 10.0. The Bertz CT molecular complexity index is 511. The zero-order valence-corrected chi connectivity index (χ0v) is 13.4. The number of carbonyl (C=O) groups excluding carboxylic acids is 1. The maximum atomic E-state index is 12.4. The lowest BCUT2D eigenvalue weighted by Gasteiger charge is -2.28. The fourth-order valence-corrected chi connectivity index (χ4v) is 3.06. The van der Waals surface area contributed by atoms with Gasteiger partial charge in [-0.2, -0.15) is 0 Å². The highest BCUT2D eigenvalue weighted by molar-refractivity contribution is 6.33. The molecule has 116 valence electrons. The first-order valence-electron chi connectivity index (χ1n) is 7.49. The van der Waals surface area contributed by atoms with Crippen molar-refractivity contribution in [3.8, 4) is 5.75 Å². The summed E-state index contributed by atoms with van der Waals surface area (Å²) in [5.74, 6) is 1.11. The minimum Gasteiger partial charge on any atom is -0.496 e. The van der Waals surface area contributed by atoms with Crippen molar-refractivity contribution in [3.05, 3.63) is 22.7 Å². The second-order valence-electron chi connectivity index (χ2n) is 5.67. The van der Waals surface area contributed by atoms with Crippen LogP contribution in [0.5, 0.6) is 5.75 Å². The van der Waals surface area contributed by atoms with Gasteiger partial charge in [0.25, 0.3) is 5.91 Å². The average molecular weight is 311 g/mol. The molecular formula is C16H23ClN2O2. The zero-order chi connectivity index (χ0) is 15.4. The number of anilines is 1. The molecule has 5 heteroatoms. The quantitative estimate of drug-likeness (QED) is 0.835. The smallest absolute Gasteiger partial charge is 0.255 e. The number of nitrogens with two attached hydrogens (primary N) is 1. The molecule has 1 aliphatic carbocycles. The fourth-order valence-electron chi connectivity index (χ4n) is 2.89. The Kier molecular flexibility index (Phi) is 5.34. The van der Waals surface area contributed by atoms with E-state index >= 15 is 0 Å². The maximum absolute atomic E-state index is 12.4. The molecule has 0 bridgehead atoms. The van der Waals surface area contributed by atoms with Crippen LogP contribution in [-0.4, -0.2) is 19.1 Å². The molecule has 1 fully saturated rings. The van der Waals surface area contributed by atoms with E-state index in [1.54, 1.807) is 12.1 Å². The predicted octanol–water partition coefficient (Wildman–Crippen LogP) is 3.63. The van der Waals surface area contributed by atoms with Gasteiger partial charge in [-0.05, 0) is 37.7 Å². The van der Waals surface area contributed by atoms with Crippen LogP contribution in [0.15, 0.2) is 12.1 Å². The molecule has 0 aromatic heterocycles. The van der Waals surface area contributed by atoms with Gasteiger partial charge in [-0.1, -0.05) is 24.9 Å². The van der Waals surface area contributed by atoms with E-state index in [0.717, 1.165) is 18.8 Å². The molecule has 0 atom stereocenters. The van der Waals surface area contributed by atoms with Crippen LogP contribution < -0.4 is 15.8 Å². The molecule has 1 saturated carbocycles. The Morgan fingerprint density at radius 2 is 2.05 bits per heavy atom. The summed E-state index contributed by atoms with van der Waals surface area (Å²) in [4.78, 5) is 12.4. The summed E-state index contributed by atoms with van der Waals surface area (Å²) in [6.45, 7) is 2.23. The van der Waals surface area contributed by atoms with Crippen molar-refractivity contribution in [2.45, 2.75) is 45.1 Å². The third-order valence-electron chi connectivity index (χ3n) is 4.32. The van der Waals surface area contributed by atoms with Crippen LogP contribution in [0.1, 0.15) is 49.4 Å². The lowest BCUT2D eigenvalue weighted by atomic mass is 9.84. The van der Waals surface area contributed by atoms with Gasteiger partial charge in [0, 0.05) is 12.1 Å². The zero-order valence-electron chi connectivity index (χ0n) is 12.6. The topological polar surface area (TPSA) is 64.4 Å². The van der Waals surface area contributed by atoms with Crippen LogP contribution in [0.2, 0.25) is 5.02 Å². The molecule has 1 aromatic rings. The van der Waals surface area contributed by atoms with E-state index in [-0.39, 0.29) is 11.9 Å². The highest BCUT2D eigenvalue weighted by atomic mass is 35.5. The molecule has 2 rings (SSSR count). The van der Waals surface area contributed by atoms with Crippen molar-refractivity contribution in [2.24, 2.45) is 5.92 Å². The summed E-state index contributed by atoms with van der Waals surface area (Å²) in [6, 6.07) is 3.40. The molecule has 0 spiro atoms. The highest BCUT2D eigenvalue weighted by Gasteiger charge is 2.23. The van der Waals surface area contributed by atoms with Gasteiger partial charge in [0.2, 0.25) is 0 Å². The predicted molar refractivity (Wildman–Crippen MR) is 85.9 cm³/mol. The van der Waals surface area contributed by atoms with Gasteiger partial charge in [-0.15, -0.1) is 0 Å². The SMILES string of the molecule is CCC1CCC(NC(=O)c2cc(Cl)c(N)cc2OC)CC1. The minimum atomic E-state index is -0.145. The van der Waals surface area contributed by atoms with Crippen LogP contribution in [0, 0.1) is 5.92 Å². The lowest BCUT2D eigenvalue weighted by Crippen LogP contribution is -2.37. The number of benzene rings is 1. The lowest BCUT2D eigenvalue weighted by molar-refractivity contribution is 0.0918. The maximum Gasteiger partial charge on any atom is 0.255 e. The van der Waals surface area contributed by atoms with E-state index in [1.807, 2.05) is 0 Å². The van der Waals surface area contributed by atoms with E-state index in [1.165, 1.54) is 26.4 Å². The van der Waals surface area contributed by atoms with Crippen LogP contribution in [0.3, 0.4) is 0 Å². The average Bonchev–Trinajstić information content (AvgIpc) is 2.50. The van der Waals surface area contributed by atoms with E-state index in [4.69, 9.17) is 22.1 Å². The Morgan fingerprint density at radius 1 is 1.38 bits per heavy atom. The van der Waals surface area contributed by atoms with Gasteiger partial charge in [-0.25, -0.2) is 0 Å². The van der Waals surface area contributed by atoms with Crippen LogP contribution in [-0.2, 0) is 0 Å². The number of methoxy groups -OCH3 is 1. The van der Waals surface area contributed by atoms with Crippen molar-refractivity contribution in [3.63, 3.8) is 0 Å². The Balaban J connectivity index is 2.05. The molecule has 1 aromatic carbocycles. The van der Waals surface area contributed by atoms with Crippen molar-refractivity contribution in [2.75, 3.05) is 12.8 Å². The number of rotatable bonds is 4. The largest absolute Gasteiger partial charge is 0.496 e. The normalized spacial score (nSPS) is 21.9. The molecule has 1 amide bonds. The van der Waals surface area contributed by atoms with E-state index in [2.05, 4.69) is 12.2 Å². The number of amides is 1. The fraction of sp³-hybridized carbons (Fsp3) is 0.562. The summed E-state index contributed by atoms with van der Waals surface area (Å²) < 4.78 is 5.23. The van der Waals surface area contributed by atoms with Gasteiger partial charge in [0.05, 0.1) is 23.4 Å². The third kappa shape index (κ3) is 3.82. The molecule has 1 aliphatic rings. The van der Waals surface area contributed by atoms with Gasteiger partial charge < -0.3 is 15.8 Å². The number of hydrogen-bond acceptors (Lipinski definition) is 3. The van der Waals surface area contributed by atoms with Crippen LogP contribution >= 0.6 is 11.6 Å². The summed E-state index contributed by atoms with van der Waals surface area (Å²) in [6.07, 6.45) is 5.66. The third-order valence-corrected chi connectivity index (χ3v) is 4.65. The number of nitrogen functional groups attached to an aromatic ring is 1. The first-order valence-corrected chi connectivity index (χ1v) is 7.86. The van der Waals surface area contributed by atoms with E-state index < -0.39 is 0 Å². The van der Waals surface area contributed by atoms with Crippen molar-refractivity contribution < 1.29 is 9.53 Å². The van der Waals surface area contributed by atoms with E-state index in [0.29, 0.717) is 22.0 Å². The summed E-state index contributed by atoms with van der Waals surface area (Å²) in [5.41, 5.74) is 6.59. The number of hydrogen-bond donors (Lipinski definition) is 2. The summed E-state index contributed by atoms with van der Waals surface area (Å²) >= 11 is 6.01. The minimum absolute atomic E-state index is 0.145. The highest BCUT2D eigenvalue weighted by Crippen LogP contribution is 2.30. The standard InChI is InChI=1S/C16H23ClN2O2/c1-3-10-4-6-11(7-5-10)19-16(20)12-8-13(17)14(18)9-15(12)21-2/h8-11H,3-7,18H2,1-2H3,(H,19,20). The number of halogens is 1. The van der Waals surface area contributed by atoms with Crippen molar-refractivity contribution in [1.29, 1.82) is 0 Å². The second kappa shape index (κ2) is 7.03. The summed E-state index contributed by atoms with van der Waals surface area (Å²) in [7, 11) is 1.52. The van der Waals surface area contributed by atoms with Crippen LogP contribution in [0.4, 0.5) is 5.69 Å². The van der Waals surface area contributed by atoms with Crippen molar-refractivity contribution in [1.82, 2.24) is 5.32 Å². The van der Waals surface area contributed by atoms with Gasteiger partial charge >= 0.3 is 0 Å². The molecule has 0 unspecified atom stereocenters. The second-order valence-corrected chi connectivity index (χ2v) is 6.08. The Labute approximate surface area is 131 Å². The van der Waals surface area contributed by atoms with Gasteiger partial charge in [0.1, 0.15) is 5.75 Å². The number of carbonyl (C=O) groups is 1. The molecule has 4 nitrogen and oxygen atoms in total.